The Hall–Kier alpha value is -2.25. The lowest BCUT2D eigenvalue weighted by Crippen LogP contribution is -2.41. The Kier molecular flexibility index (Phi) is 9.88. The maximum absolute atomic E-state index is 11.2. The summed E-state index contributed by atoms with van der Waals surface area (Å²) in [4.78, 5) is 0. The van der Waals surface area contributed by atoms with Crippen LogP contribution in [0.5, 0.6) is 11.5 Å². The third-order valence-corrected chi connectivity index (χ3v) is 20.7. The molecule has 43 heavy (non-hydrogen) atoms. The van der Waals surface area contributed by atoms with Crippen LogP contribution in [0.15, 0.2) is 60.7 Å². The van der Waals surface area contributed by atoms with Crippen molar-refractivity contribution in [1.82, 2.24) is 0 Å². The van der Waals surface area contributed by atoms with Gasteiger partial charge in [0.1, 0.15) is 11.5 Å². The number of aromatic hydroxyl groups is 2. The van der Waals surface area contributed by atoms with Crippen LogP contribution in [-0.4, -0.2) is 46.4 Å². The molecule has 0 amide bonds. The zero-order valence-corrected chi connectivity index (χ0v) is 31.3. The van der Waals surface area contributed by atoms with Crippen LogP contribution in [0.1, 0.15) is 52.7 Å². The molecule has 5 nitrogen and oxygen atoms in total. The summed E-state index contributed by atoms with van der Waals surface area (Å²) in [5.74, 6) is 0.469. The van der Waals surface area contributed by atoms with E-state index in [2.05, 4.69) is 79.9 Å². The summed E-state index contributed by atoms with van der Waals surface area (Å²) >= 11 is 0. The van der Waals surface area contributed by atoms with Gasteiger partial charge < -0.3 is 23.2 Å². The number of hydrogen-bond acceptors (Lipinski definition) is 5. The second-order valence-electron chi connectivity index (χ2n) is 14.3. The van der Waals surface area contributed by atoms with Gasteiger partial charge >= 0.3 is 0 Å². The van der Waals surface area contributed by atoms with Crippen LogP contribution >= 0.6 is 0 Å². The summed E-state index contributed by atoms with van der Waals surface area (Å²) in [5.41, 5.74) is 1.57. The Balaban J connectivity index is 1.69. The highest BCUT2D eigenvalue weighted by Crippen LogP contribution is 2.39. The molecule has 2 N–H and O–H groups in total. The molecule has 0 saturated carbocycles. The molecule has 0 unspecified atom stereocenters. The molecule has 0 fully saturated rings. The molecular weight excluding hydrogens is 601 g/mol. The first kappa shape index (κ1) is 33.6. The Labute approximate surface area is 264 Å². The highest BCUT2D eigenvalue weighted by atomic mass is 28.4. The van der Waals surface area contributed by atoms with Crippen molar-refractivity contribution in [2.45, 2.75) is 91.0 Å². The minimum Gasteiger partial charge on any atom is -0.508 e. The van der Waals surface area contributed by atoms with E-state index in [1.807, 2.05) is 48.5 Å². The third kappa shape index (κ3) is 7.36. The van der Waals surface area contributed by atoms with Crippen LogP contribution in [-0.2, 0) is 26.2 Å². The van der Waals surface area contributed by atoms with Crippen molar-refractivity contribution in [2.75, 3.05) is 0 Å². The molecule has 9 heteroatoms. The zero-order chi connectivity index (χ0) is 31.8. The lowest BCUT2D eigenvalue weighted by Gasteiger charge is -2.36. The van der Waals surface area contributed by atoms with Gasteiger partial charge in [-0.3, -0.25) is 0 Å². The van der Waals surface area contributed by atoms with E-state index in [4.69, 9.17) is 13.0 Å². The predicted molar refractivity (Wildman–Crippen MR) is 187 cm³/mol. The molecule has 0 bridgehead atoms. The molecule has 0 spiro atoms. The van der Waals surface area contributed by atoms with Gasteiger partial charge in [0.05, 0.1) is 13.2 Å². The average molecular weight is 647 g/mol. The Bertz CT molecular complexity index is 1480. The number of fused-ring (bicyclic) bond motifs is 2. The quantitative estimate of drug-likeness (QED) is 0.173. The van der Waals surface area contributed by atoms with Gasteiger partial charge in [0.25, 0.3) is 19.5 Å². The Morgan fingerprint density at radius 3 is 1.30 bits per heavy atom. The molecule has 0 heterocycles. The predicted octanol–water partition coefficient (Wildman–Crippen LogP) is 7.65. The van der Waals surface area contributed by atoms with E-state index >= 15 is 0 Å². The fraction of sp³-hybridized carbons (Fsp3) is 0.412. The summed E-state index contributed by atoms with van der Waals surface area (Å²) in [7, 11) is -4.15. The molecule has 0 saturated heterocycles. The second kappa shape index (κ2) is 12.6. The van der Waals surface area contributed by atoms with Gasteiger partial charge in [-0.05, 0) is 80.3 Å². The number of benzene rings is 4. The van der Waals surface area contributed by atoms with Gasteiger partial charge in [-0.2, -0.15) is 0 Å². The van der Waals surface area contributed by atoms with E-state index in [9.17, 15) is 10.2 Å². The van der Waals surface area contributed by atoms with Gasteiger partial charge in [-0.25, -0.2) is 0 Å². The molecule has 0 aliphatic carbocycles. The normalized spacial score (nSPS) is 13.3. The first-order chi connectivity index (χ1) is 19.9. The monoisotopic (exact) mass is 646 g/mol. The average Bonchev–Trinajstić information content (AvgIpc) is 2.90. The van der Waals surface area contributed by atoms with Crippen molar-refractivity contribution in [2.24, 2.45) is 0 Å². The minimum absolute atomic E-state index is 0.0207. The highest BCUT2D eigenvalue weighted by Gasteiger charge is 2.38. The SMILES string of the molecule is CC(C)(C)[Si](C)(C)OCc1c(O)cc2ccccc2c1[Si]O[Si]c1c(CO[Si](C)(C)C(C)(C)C)c(O)cc2ccccc12. The molecule has 0 aliphatic rings. The molecule has 4 radical (unpaired) electrons. The van der Waals surface area contributed by atoms with Gasteiger partial charge in [-0.1, -0.05) is 90.1 Å². The number of phenolic OH excluding ortho intramolecular Hbond substituents is 2. The van der Waals surface area contributed by atoms with Gasteiger partial charge in [0.2, 0.25) is 0 Å². The van der Waals surface area contributed by atoms with Gasteiger partial charge in [0, 0.05) is 11.1 Å². The van der Waals surface area contributed by atoms with Crippen LogP contribution in [0.3, 0.4) is 0 Å². The van der Waals surface area contributed by atoms with Crippen LogP contribution in [0.4, 0.5) is 0 Å². The topological polar surface area (TPSA) is 68.2 Å². The van der Waals surface area contributed by atoms with E-state index in [1.54, 1.807) is 0 Å². The molecule has 4 aromatic rings. The molecule has 4 aromatic carbocycles. The molecule has 4 rings (SSSR count). The second-order valence-corrected chi connectivity index (χ2v) is 26.2. The summed E-state index contributed by atoms with van der Waals surface area (Å²) in [6.07, 6.45) is 0. The fourth-order valence-corrected chi connectivity index (χ4v) is 8.56. The molecule has 0 aromatic heterocycles. The van der Waals surface area contributed by atoms with Crippen LogP contribution in [0.25, 0.3) is 21.5 Å². The van der Waals surface area contributed by atoms with E-state index in [1.165, 1.54) is 0 Å². The molecule has 0 atom stereocenters. The van der Waals surface area contributed by atoms with E-state index in [0.717, 1.165) is 43.0 Å². The van der Waals surface area contributed by atoms with Crippen LogP contribution in [0.2, 0.25) is 36.3 Å². The van der Waals surface area contributed by atoms with E-state index in [0.29, 0.717) is 13.2 Å². The van der Waals surface area contributed by atoms with Crippen LogP contribution < -0.4 is 10.4 Å². The van der Waals surface area contributed by atoms with E-state index < -0.39 is 16.6 Å². The number of rotatable bonds is 10. The largest absolute Gasteiger partial charge is 0.508 e. The lowest BCUT2D eigenvalue weighted by molar-refractivity contribution is 0.272. The summed E-state index contributed by atoms with van der Waals surface area (Å²) in [5, 5.41) is 28.4. The third-order valence-electron chi connectivity index (χ3n) is 9.34. The maximum atomic E-state index is 11.2. The minimum atomic E-state index is -2.05. The number of hydrogen-bond donors (Lipinski definition) is 2. The first-order valence-electron chi connectivity index (χ1n) is 14.9. The van der Waals surface area contributed by atoms with E-state index in [-0.39, 0.29) is 41.1 Å². The van der Waals surface area contributed by atoms with Crippen LogP contribution in [0, 0.1) is 0 Å². The first-order valence-corrected chi connectivity index (χ1v) is 22.5. The maximum Gasteiger partial charge on any atom is 0.258 e. The summed E-state index contributed by atoms with van der Waals surface area (Å²) in [6, 6.07) is 19.9. The van der Waals surface area contributed by atoms with Crippen molar-refractivity contribution in [3.05, 3.63) is 71.8 Å². The van der Waals surface area contributed by atoms with Crippen molar-refractivity contribution in [3.63, 3.8) is 0 Å². The molecule has 0 aliphatic heterocycles. The van der Waals surface area contributed by atoms with Crippen molar-refractivity contribution >= 4 is 68.1 Å². The van der Waals surface area contributed by atoms with Crippen molar-refractivity contribution in [1.29, 1.82) is 0 Å². The summed E-state index contributed by atoms with van der Waals surface area (Å²) in [6.45, 7) is 22.9. The Morgan fingerprint density at radius 1 is 0.605 bits per heavy atom. The number of phenols is 2. The molecular formula is C34H46O5Si4. The Morgan fingerprint density at radius 2 is 0.953 bits per heavy atom. The lowest BCUT2D eigenvalue weighted by atomic mass is 10.1. The van der Waals surface area contributed by atoms with Crippen molar-refractivity contribution < 1.29 is 23.2 Å². The van der Waals surface area contributed by atoms with Gasteiger partial charge in [-0.15, -0.1) is 0 Å². The zero-order valence-electron chi connectivity index (χ0n) is 27.3. The molecule has 228 valence electrons. The fourth-order valence-electron chi connectivity index (χ4n) is 4.34. The van der Waals surface area contributed by atoms with Gasteiger partial charge in [0.15, 0.2) is 16.6 Å². The standard InChI is InChI=1S/C34H46O5Si4/c1-33(2,3)42(7,8)37-21-27-29(35)19-23-15-11-13-17-25(23)31(27)40-39-41-32-26-18-14-12-16-24(26)20-30(36)28(32)22-38-43(9,10)34(4,5)6/h11-20,35-36H,21-22H2,1-10H3. The smallest absolute Gasteiger partial charge is 0.258 e. The van der Waals surface area contributed by atoms with Crippen molar-refractivity contribution in [3.8, 4) is 11.5 Å². The summed E-state index contributed by atoms with van der Waals surface area (Å²) < 4.78 is 19.7. The highest BCUT2D eigenvalue weighted by molar-refractivity contribution is 6.74.